The number of benzene rings is 3. The third-order valence-corrected chi connectivity index (χ3v) is 5.03. The summed E-state index contributed by atoms with van der Waals surface area (Å²) in [6, 6.07) is 17.8. The number of hydrogen-bond donors (Lipinski definition) is 2. The Bertz CT molecular complexity index is 1250. The normalized spacial score (nSPS) is 14.5. The molecule has 2 N–H and O–H groups in total. The highest BCUT2D eigenvalue weighted by Gasteiger charge is 2.36. The molecule has 0 saturated carbocycles. The molecule has 0 aliphatic carbocycles. The van der Waals surface area contributed by atoms with Crippen molar-refractivity contribution in [3.8, 4) is 5.75 Å². The van der Waals surface area contributed by atoms with E-state index in [0.29, 0.717) is 39.5 Å². The van der Waals surface area contributed by atoms with Crippen LogP contribution in [0.4, 0.5) is 17.1 Å². The number of imide groups is 1. The lowest BCUT2D eigenvalue weighted by Gasteiger charge is -2.18. The molecule has 8 nitrogen and oxygen atoms in total. The first-order valence-electron chi connectivity index (χ1n) is 9.47. The molecule has 0 spiro atoms. The van der Waals surface area contributed by atoms with Gasteiger partial charge >= 0.3 is 0 Å². The van der Waals surface area contributed by atoms with Gasteiger partial charge in [0.15, 0.2) is 6.61 Å². The smallest absolute Gasteiger partial charge is 0.266 e. The molecule has 0 atom stereocenters. The zero-order chi connectivity index (χ0) is 21.5. The number of hydrogen-bond acceptors (Lipinski definition) is 5. The minimum Gasteiger partial charge on any atom is -0.482 e. The Kier molecular flexibility index (Phi) is 4.25. The predicted octanol–water partition coefficient (Wildman–Crippen LogP) is 3.07. The van der Waals surface area contributed by atoms with Crippen LogP contribution < -0.4 is 20.3 Å². The van der Waals surface area contributed by atoms with Gasteiger partial charge in [-0.25, -0.2) is 4.90 Å². The molecule has 0 aromatic heterocycles. The summed E-state index contributed by atoms with van der Waals surface area (Å²) in [5, 5.41) is 5.42. The van der Waals surface area contributed by atoms with Crippen LogP contribution in [0.5, 0.6) is 5.75 Å². The van der Waals surface area contributed by atoms with Crippen molar-refractivity contribution in [3.63, 3.8) is 0 Å². The number of amides is 4. The van der Waals surface area contributed by atoms with Gasteiger partial charge in [0, 0.05) is 11.3 Å². The van der Waals surface area contributed by atoms with Crippen molar-refractivity contribution in [1.82, 2.24) is 0 Å². The zero-order valence-electron chi connectivity index (χ0n) is 16.0. The molecule has 152 valence electrons. The van der Waals surface area contributed by atoms with Crippen molar-refractivity contribution in [1.29, 1.82) is 0 Å². The summed E-state index contributed by atoms with van der Waals surface area (Å²) in [7, 11) is 0. The van der Waals surface area contributed by atoms with E-state index in [9.17, 15) is 19.2 Å². The largest absolute Gasteiger partial charge is 0.482 e. The summed E-state index contributed by atoms with van der Waals surface area (Å²) < 4.78 is 5.34. The Labute approximate surface area is 176 Å². The highest BCUT2D eigenvalue weighted by molar-refractivity contribution is 6.34. The summed E-state index contributed by atoms with van der Waals surface area (Å²) in [6.45, 7) is -0.111. The molecule has 3 aromatic carbocycles. The summed E-state index contributed by atoms with van der Waals surface area (Å²) in [6.07, 6.45) is 0. The number of carbonyl (C=O) groups excluding carboxylic acids is 4. The summed E-state index contributed by atoms with van der Waals surface area (Å²) >= 11 is 0. The predicted molar refractivity (Wildman–Crippen MR) is 113 cm³/mol. The molecule has 3 aromatic rings. The molecule has 2 heterocycles. The molecule has 5 rings (SSSR count). The number of rotatable bonds is 3. The highest BCUT2D eigenvalue weighted by Crippen LogP contribution is 2.31. The molecule has 8 heteroatoms. The zero-order valence-corrected chi connectivity index (χ0v) is 16.0. The lowest BCUT2D eigenvalue weighted by atomic mass is 10.1. The number of carbonyl (C=O) groups is 4. The van der Waals surface area contributed by atoms with Gasteiger partial charge in [-0.1, -0.05) is 18.2 Å². The van der Waals surface area contributed by atoms with E-state index < -0.39 is 17.7 Å². The topological polar surface area (TPSA) is 105 Å². The van der Waals surface area contributed by atoms with Crippen LogP contribution in [0.2, 0.25) is 0 Å². The second kappa shape index (κ2) is 7.10. The Balaban J connectivity index is 1.38. The minimum atomic E-state index is -0.405. The van der Waals surface area contributed by atoms with E-state index in [2.05, 4.69) is 10.6 Å². The SMILES string of the molecule is O=C1COc2cc(C(=O)Nc3cccc(N4C(=O)c5ccccc5C4=O)c3)ccc2N1. The fraction of sp³-hybridized carbons (Fsp3) is 0.0435. The second-order valence-corrected chi connectivity index (χ2v) is 7.04. The van der Waals surface area contributed by atoms with E-state index in [1.807, 2.05) is 0 Å². The molecule has 2 aliphatic rings. The Morgan fingerprint density at radius 3 is 2.39 bits per heavy atom. The number of nitrogens with one attached hydrogen (secondary N) is 2. The summed E-state index contributed by atoms with van der Waals surface area (Å²) in [4.78, 5) is 50.6. The van der Waals surface area contributed by atoms with E-state index in [4.69, 9.17) is 4.74 Å². The van der Waals surface area contributed by atoms with Crippen LogP contribution in [0.1, 0.15) is 31.1 Å². The summed E-state index contributed by atoms with van der Waals surface area (Å²) in [5.74, 6) is -1.06. The molecular formula is C23H15N3O5. The van der Waals surface area contributed by atoms with Gasteiger partial charge in [-0.15, -0.1) is 0 Å². The van der Waals surface area contributed by atoms with E-state index in [-0.39, 0.29) is 12.5 Å². The van der Waals surface area contributed by atoms with Crippen molar-refractivity contribution in [2.75, 3.05) is 22.1 Å². The van der Waals surface area contributed by atoms with Gasteiger partial charge in [-0.2, -0.15) is 0 Å². The van der Waals surface area contributed by atoms with Crippen molar-refractivity contribution in [3.05, 3.63) is 83.4 Å². The molecule has 0 radical (unpaired) electrons. The van der Waals surface area contributed by atoms with Crippen molar-refractivity contribution >= 4 is 40.7 Å². The third-order valence-electron chi connectivity index (χ3n) is 5.03. The Hall–Kier alpha value is -4.46. The van der Waals surface area contributed by atoms with Crippen LogP contribution in [0.25, 0.3) is 0 Å². The molecule has 4 amide bonds. The van der Waals surface area contributed by atoms with E-state index in [1.165, 1.54) is 6.07 Å². The molecule has 0 fully saturated rings. The molecule has 2 aliphatic heterocycles. The maximum Gasteiger partial charge on any atom is 0.266 e. The van der Waals surface area contributed by atoms with Gasteiger partial charge < -0.3 is 15.4 Å². The molecular weight excluding hydrogens is 398 g/mol. The molecule has 0 unspecified atom stereocenters. The Morgan fingerprint density at radius 1 is 0.903 bits per heavy atom. The van der Waals surface area contributed by atoms with Gasteiger partial charge in [-0.3, -0.25) is 19.2 Å². The standard InChI is InChI=1S/C23H15N3O5/c27-20-12-31-19-10-13(8-9-18(19)25-20)21(28)24-14-4-3-5-15(11-14)26-22(29)16-6-1-2-7-17(16)23(26)30/h1-11H,12H2,(H,24,28)(H,25,27). The number of nitrogens with zero attached hydrogens (tertiary/aromatic N) is 1. The van der Waals surface area contributed by atoms with Crippen LogP contribution in [0.3, 0.4) is 0 Å². The number of ether oxygens (including phenoxy) is 1. The van der Waals surface area contributed by atoms with Crippen molar-refractivity contribution < 1.29 is 23.9 Å². The van der Waals surface area contributed by atoms with E-state index in [0.717, 1.165) is 4.90 Å². The quantitative estimate of drug-likeness (QED) is 0.642. The van der Waals surface area contributed by atoms with E-state index in [1.54, 1.807) is 60.7 Å². The van der Waals surface area contributed by atoms with Crippen LogP contribution in [0.15, 0.2) is 66.7 Å². The van der Waals surface area contributed by atoms with Crippen LogP contribution in [-0.4, -0.2) is 30.2 Å². The first-order valence-corrected chi connectivity index (χ1v) is 9.47. The average molecular weight is 413 g/mol. The van der Waals surface area contributed by atoms with Crippen LogP contribution >= 0.6 is 0 Å². The maximum atomic E-state index is 12.7. The first kappa shape index (κ1) is 18.6. The molecule has 31 heavy (non-hydrogen) atoms. The lowest BCUT2D eigenvalue weighted by molar-refractivity contribution is -0.118. The second-order valence-electron chi connectivity index (χ2n) is 7.04. The minimum absolute atomic E-state index is 0.111. The fourth-order valence-electron chi connectivity index (χ4n) is 3.57. The Morgan fingerprint density at radius 2 is 1.65 bits per heavy atom. The fourth-order valence-corrected chi connectivity index (χ4v) is 3.57. The highest BCUT2D eigenvalue weighted by atomic mass is 16.5. The van der Waals surface area contributed by atoms with Crippen molar-refractivity contribution in [2.45, 2.75) is 0 Å². The maximum absolute atomic E-state index is 12.7. The van der Waals surface area contributed by atoms with Gasteiger partial charge in [0.05, 0.1) is 22.5 Å². The number of anilines is 3. The molecule has 0 saturated heterocycles. The number of fused-ring (bicyclic) bond motifs is 2. The van der Waals surface area contributed by atoms with E-state index >= 15 is 0 Å². The van der Waals surface area contributed by atoms with Gasteiger partial charge in [0.1, 0.15) is 5.75 Å². The molecule has 0 bridgehead atoms. The van der Waals surface area contributed by atoms with Gasteiger partial charge in [0.25, 0.3) is 23.6 Å². The average Bonchev–Trinajstić information content (AvgIpc) is 3.04. The third kappa shape index (κ3) is 3.20. The first-order chi connectivity index (χ1) is 15.0. The van der Waals surface area contributed by atoms with Gasteiger partial charge in [0.2, 0.25) is 0 Å². The summed E-state index contributed by atoms with van der Waals surface area (Å²) in [5.41, 5.74) is 2.32. The van der Waals surface area contributed by atoms with Crippen LogP contribution in [-0.2, 0) is 4.79 Å². The van der Waals surface area contributed by atoms with Crippen molar-refractivity contribution in [2.24, 2.45) is 0 Å². The van der Waals surface area contributed by atoms with Crippen LogP contribution in [0, 0.1) is 0 Å². The lowest BCUT2D eigenvalue weighted by Crippen LogP contribution is -2.29. The van der Waals surface area contributed by atoms with Gasteiger partial charge in [-0.05, 0) is 48.5 Å². The monoisotopic (exact) mass is 413 g/mol.